The molecule has 1 aliphatic rings. The van der Waals surface area contributed by atoms with Gasteiger partial charge in [-0.1, -0.05) is 131 Å². The lowest BCUT2D eigenvalue weighted by molar-refractivity contribution is -0.220. The molecular formula is C49H77O14P. The van der Waals surface area contributed by atoms with Gasteiger partial charge in [-0.05, 0) is 83.1 Å². The molecule has 6 N–H and O–H groups in total. The predicted molar refractivity (Wildman–Crippen MR) is 249 cm³/mol. The van der Waals surface area contributed by atoms with E-state index in [1.807, 2.05) is 48.6 Å². The zero-order chi connectivity index (χ0) is 47.3. The van der Waals surface area contributed by atoms with E-state index in [2.05, 4.69) is 50.3 Å². The smallest absolute Gasteiger partial charge is 0.462 e. The number of ether oxygens (including phenoxy) is 2. The minimum Gasteiger partial charge on any atom is -0.462 e. The van der Waals surface area contributed by atoms with Gasteiger partial charge in [-0.2, -0.15) is 0 Å². The third-order valence-electron chi connectivity index (χ3n) is 9.87. The van der Waals surface area contributed by atoms with E-state index < -0.39 is 75.7 Å². The number of hydrogen-bond acceptors (Lipinski definition) is 13. The molecule has 1 aliphatic carbocycles. The van der Waals surface area contributed by atoms with Gasteiger partial charge in [-0.3, -0.25) is 23.4 Å². The molecule has 14 nitrogen and oxygen atoms in total. The van der Waals surface area contributed by atoms with Crippen LogP contribution in [0.25, 0.3) is 0 Å². The Balaban J connectivity index is 2.58. The van der Waals surface area contributed by atoms with Crippen LogP contribution in [-0.4, -0.2) is 104 Å². The van der Waals surface area contributed by atoms with Crippen molar-refractivity contribution >= 4 is 25.5 Å². The van der Waals surface area contributed by atoms with Gasteiger partial charge in [-0.25, -0.2) is 4.57 Å². The van der Waals surface area contributed by atoms with Gasteiger partial charge in [0.25, 0.3) is 0 Å². The lowest BCUT2D eigenvalue weighted by atomic mass is 9.85. The molecular weight excluding hydrogens is 843 g/mol. The van der Waals surface area contributed by atoms with Gasteiger partial charge in [0.05, 0.1) is 6.61 Å². The lowest BCUT2D eigenvalue weighted by Gasteiger charge is -2.41. The number of esters is 2. The molecule has 0 radical (unpaired) electrons. The van der Waals surface area contributed by atoms with E-state index in [1.165, 1.54) is 19.3 Å². The van der Waals surface area contributed by atoms with Crippen molar-refractivity contribution in [2.45, 2.75) is 179 Å². The summed E-state index contributed by atoms with van der Waals surface area (Å²) in [5.74, 6) is -1.14. The van der Waals surface area contributed by atoms with Crippen LogP contribution in [0.15, 0.2) is 97.2 Å². The molecule has 0 aromatic carbocycles. The summed E-state index contributed by atoms with van der Waals surface area (Å²) >= 11 is 0. The first-order chi connectivity index (χ1) is 30.8. The van der Waals surface area contributed by atoms with Crippen molar-refractivity contribution < 1.29 is 67.9 Å². The van der Waals surface area contributed by atoms with Crippen molar-refractivity contribution in [1.29, 1.82) is 0 Å². The SMILES string of the molecule is CCCCC/C=C\C/C=C\C/C=C\C/C=C\CCCC(=O)OC[C@H](COP(=O)(O)OC1[C@H](O)[C@H](O)C(O)[C@H](O)[C@H]1O)OC(=O)CCC/C=C\C/C=C\C/C=C\C=C\C(=O)CCCCC. The third kappa shape index (κ3) is 29.8. The normalized spacial score (nSPS) is 22.4. The number of phosphoric acid groups is 1. The summed E-state index contributed by atoms with van der Waals surface area (Å²) in [6.45, 7) is 2.99. The number of aliphatic hydroxyl groups excluding tert-OH is 5. The number of hydrogen-bond donors (Lipinski definition) is 6. The fraction of sp³-hybridized carbons (Fsp3) is 0.612. The molecule has 8 atom stereocenters. The first-order valence-electron chi connectivity index (χ1n) is 23.0. The zero-order valence-corrected chi connectivity index (χ0v) is 38.9. The Hall–Kier alpha value is -3.56. The number of aliphatic hydroxyl groups is 5. The van der Waals surface area contributed by atoms with Crippen LogP contribution in [0.1, 0.15) is 136 Å². The highest BCUT2D eigenvalue weighted by Gasteiger charge is 2.51. The maximum absolute atomic E-state index is 12.8. The molecule has 15 heteroatoms. The largest absolute Gasteiger partial charge is 0.472 e. The highest BCUT2D eigenvalue weighted by Crippen LogP contribution is 2.47. The summed E-state index contributed by atoms with van der Waals surface area (Å²) in [5.41, 5.74) is 0. The van der Waals surface area contributed by atoms with E-state index in [-0.39, 0.29) is 18.6 Å². The Morgan fingerprint density at radius 1 is 0.531 bits per heavy atom. The molecule has 0 amide bonds. The molecule has 1 fully saturated rings. The molecule has 0 bridgehead atoms. The van der Waals surface area contributed by atoms with Gasteiger partial charge >= 0.3 is 19.8 Å². The summed E-state index contributed by atoms with van der Waals surface area (Å²) < 4.78 is 33.4. The summed E-state index contributed by atoms with van der Waals surface area (Å²) in [6.07, 6.45) is 33.1. The van der Waals surface area contributed by atoms with Crippen LogP contribution in [0.2, 0.25) is 0 Å². The van der Waals surface area contributed by atoms with E-state index in [9.17, 15) is 49.4 Å². The number of phosphoric ester groups is 1. The van der Waals surface area contributed by atoms with Gasteiger partial charge in [0.15, 0.2) is 11.9 Å². The molecule has 0 aliphatic heterocycles. The Labute approximate surface area is 381 Å². The second-order valence-corrected chi connectivity index (χ2v) is 17.0. The first-order valence-corrected chi connectivity index (χ1v) is 24.5. The van der Waals surface area contributed by atoms with Crippen LogP contribution in [0, 0.1) is 0 Å². The molecule has 0 aromatic heterocycles. The number of carbonyl (C=O) groups is 3. The van der Waals surface area contributed by atoms with Crippen LogP contribution in [0.4, 0.5) is 0 Å². The van der Waals surface area contributed by atoms with Crippen molar-refractivity contribution in [3.63, 3.8) is 0 Å². The zero-order valence-electron chi connectivity index (χ0n) is 38.0. The van der Waals surface area contributed by atoms with Gasteiger partial charge in [0, 0.05) is 19.3 Å². The average Bonchev–Trinajstić information content (AvgIpc) is 3.27. The Morgan fingerprint density at radius 2 is 0.984 bits per heavy atom. The van der Waals surface area contributed by atoms with Crippen molar-refractivity contribution in [1.82, 2.24) is 0 Å². The van der Waals surface area contributed by atoms with E-state index in [0.29, 0.717) is 38.5 Å². The van der Waals surface area contributed by atoms with E-state index in [4.69, 9.17) is 18.5 Å². The molecule has 1 saturated carbocycles. The molecule has 0 heterocycles. The van der Waals surface area contributed by atoms with Crippen LogP contribution in [0.3, 0.4) is 0 Å². The number of carbonyl (C=O) groups excluding carboxylic acids is 3. The topological polar surface area (TPSA) is 227 Å². The second kappa shape index (κ2) is 37.6. The van der Waals surface area contributed by atoms with Crippen LogP contribution >= 0.6 is 7.82 Å². The Bertz CT molecular complexity index is 1550. The van der Waals surface area contributed by atoms with Gasteiger partial charge in [0.2, 0.25) is 0 Å². The van der Waals surface area contributed by atoms with Gasteiger partial charge in [-0.15, -0.1) is 0 Å². The average molecular weight is 921 g/mol. The van der Waals surface area contributed by atoms with Gasteiger partial charge < -0.3 is 39.9 Å². The molecule has 0 aromatic rings. The number of unbranched alkanes of at least 4 members (excludes halogenated alkanes) is 7. The van der Waals surface area contributed by atoms with Crippen LogP contribution in [-0.2, 0) is 37.5 Å². The summed E-state index contributed by atoms with van der Waals surface area (Å²) in [4.78, 5) is 47.4. The van der Waals surface area contributed by atoms with Crippen molar-refractivity contribution in [2.75, 3.05) is 13.2 Å². The van der Waals surface area contributed by atoms with Gasteiger partial charge in [0.1, 0.15) is 43.2 Å². The highest BCUT2D eigenvalue weighted by atomic mass is 31.2. The van der Waals surface area contributed by atoms with Crippen molar-refractivity contribution in [2.24, 2.45) is 0 Å². The van der Waals surface area contributed by atoms with Crippen molar-refractivity contribution in [3.8, 4) is 0 Å². The minimum atomic E-state index is -5.17. The molecule has 362 valence electrons. The first kappa shape index (κ1) is 58.5. The maximum atomic E-state index is 12.8. The fourth-order valence-electron chi connectivity index (χ4n) is 6.11. The fourth-order valence-corrected chi connectivity index (χ4v) is 7.08. The van der Waals surface area contributed by atoms with Crippen molar-refractivity contribution in [3.05, 3.63) is 97.2 Å². The number of allylic oxidation sites excluding steroid dienone is 16. The summed E-state index contributed by atoms with van der Waals surface area (Å²) in [5, 5.41) is 50.1. The maximum Gasteiger partial charge on any atom is 0.472 e. The predicted octanol–water partition coefficient (Wildman–Crippen LogP) is 8.23. The number of rotatable bonds is 36. The van der Waals surface area contributed by atoms with Crippen LogP contribution < -0.4 is 0 Å². The molecule has 0 saturated heterocycles. The minimum absolute atomic E-state index is 0.0228. The molecule has 64 heavy (non-hydrogen) atoms. The van der Waals surface area contributed by atoms with E-state index in [0.717, 1.165) is 51.4 Å². The van der Waals surface area contributed by atoms with Crippen LogP contribution in [0.5, 0.6) is 0 Å². The monoisotopic (exact) mass is 921 g/mol. The molecule has 0 spiro atoms. The molecule has 1 rings (SSSR count). The quantitative estimate of drug-likeness (QED) is 0.00870. The Kier molecular flexibility index (Phi) is 34.4. The summed E-state index contributed by atoms with van der Waals surface area (Å²) in [7, 11) is -5.17. The number of ketones is 1. The van der Waals surface area contributed by atoms with E-state index in [1.54, 1.807) is 12.2 Å². The summed E-state index contributed by atoms with van der Waals surface area (Å²) in [6, 6.07) is 0. The second-order valence-electron chi connectivity index (χ2n) is 15.6. The lowest BCUT2D eigenvalue weighted by Crippen LogP contribution is -2.64. The van der Waals surface area contributed by atoms with E-state index >= 15 is 0 Å². The molecule has 3 unspecified atom stereocenters. The third-order valence-corrected chi connectivity index (χ3v) is 10.9. The highest BCUT2D eigenvalue weighted by molar-refractivity contribution is 7.47. The standard InChI is InChI=1S/C49H77O14P/c1-3-5-7-8-9-10-11-12-13-14-15-16-19-22-25-28-32-36-42(51)60-38-41(39-61-64(58,59)63-49-47(56)45(54)44(53)46(55)48(49)57)62-43(52)37-33-29-26-23-20-17-18-21-24-27-31-35-40(50)34-30-6-4-2/h9-10,12-13,15-18,22-27,31,35,41,44-49,53-57H,3-8,11,14,19-21,28-30,32-34,36-39H2,1-2H3,(H,58,59)/b10-9-,13-12-,16-15-,18-17-,25-22-,26-23-,27-24-,35-31+/t41-,44?,45-,46+,47-,48-,49?/m1/s1. The Morgan fingerprint density at radius 3 is 1.52 bits per heavy atom.